The maximum Gasteiger partial charge on any atom is 0.325 e. The molecule has 1 saturated heterocycles. The van der Waals surface area contributed by atoms with E-state index >= 15 is 0 Å². The number of anilines is 1. The first kappa shape index (κ1) is 18.6. The van der Waals surface area contributed by atoms with Gasteiger partial charge in [-0.05, 0) is 36.1 Å². The first-order chi connectivity index (χ1) is 12.8. The molecule has 2 aromatic carbocycles. The molecule has 3 rings (SSSR count). The highest BCUT2D eigenvalue weighted by molar-refractivity contribution is 6.10. The number of amides is 4. The lowest BCUT2D eigenvalue weighted by molar-refractivity contribution is -0.133. The fourth-order valence-corrected chi connectivity index (χ4v) is 3.13. The number of imide groups is 1. The van der Waals surface area contributed by atoms with Crippen molar-refractivity contribution in [1.82, 2.24) is 10.2 Å². The zero-order chi connectivity index (χ0) is 19.6. The summed E-state index contributed by atoms with van der Waals surface area (Å²) in [7, 11) is 0. The maximum absolute atomic E-state index is 12.8. The van der Waals surface area contributed by atoms with Gasteiger partial charge in [-0.2, -0.15) is 0 Å². The number of nitrogens with one attached hydrogen (secondary N) is 2. The number of urea groups is 1. The van der Waals surface area contributed by atoms with Gasteiger partial charge in [0.1, 0.15) is 12.1 Å². The smallest absolute Gasteiger partial charge is 0.325 e. The quantitative estimate of drug-likeness (QED) is 0.799. The van der Waals surface area contributed by atoms with Gasteiger partial charge in [-0.15, -0.1) is 0 Å². The third kappa shape index (κ3) is 3.69. The van der Waals surface area contributed by atoms with Crippen LogP contribution in [0.3, 0.4) is 0 Å². The van der Waals surface area contributed by atoms with Crippen molar-refractivity contribution in [2.75, 3.05) is 11.9 Å². The second-order valence-electron chi connectivity index (χ2n) is 7.14. The Morgan fingerprint density at radius 3 is 2.48 bits per heavy atom. The number of carbonyl (C=O) groups excluding carboxylic acids is 3. The number of carbonyl (C=O) groups is 3. The standard InChI is InChI=1S/C21H23N3O3/c1-14(2)15-8-7-11-17(12-15)22-18(25)13-24-19(26)21(3,23-20(24)27)16-9-5-4-6-10-16/h4-12,14H,13H2,1-3H3,(H,22,25)(H,23,27). The zero-order valence-corrected chi connectivity index (χ0v) is 15.7. The molecule has 1 aliphatic rings. The van der Waals surface area contributed by atoms with E-state index in [0.29, 0.717) is 17.2 Å². The summed E-state index contributed by atoms with van der Waals surface area (Å²) in [5, 5.41) is 5.46. The molecule has 27 heavy (non-hydrogen) atoms. The predicted molar refractivity (Wildman–Crippen MR) is 103 cm³/mol. The minimum atomic E-state index is -1.17. The summed E-state index contributed by atoms with van der Waals surface area (Å²) in [5.41, 5.74) is 1.25. The second kappa shape index (κ2) is 7.23. The first-order valence-electron chi connectivity index (χ1n) is 8.90. The largest absolute Gasteiger partial charge is 0.325 e. The van der Waals surface area contributed by atoms with Gasteiger partial charge in [0.05, 0.1) is 0 Å². The molecule has 4 amide bonds. The molecule has 0 bridgehead atoms. The SMILES string of the molecule is CC(C)c1cccc(NC(=O)CN2C(=O)NC(C)(c3ccccc3)C2=O)c1. The van der Waals surface area contributed by atoms with Crippen LogP contribution in [0, 0.1) is 0 Å². The third-order valence-corrected chi connectivity index (χ3v) is 4.76. The normalized spacial score (nSPS) is 19.3. The van der Waals surface area contributed by atoms with Crippen LogP contribution < -0.4 is 10.6 Å². The van der Waals surface area contributed by atoms with Gasteiger partial charge >= 0.3 is 6.03 Å². The Bertz CT molecular complexity index is 879. The lowest BCUT2D eigenvalue weighted by Gasteiger charge is -2.22. The Morgan fingerprint density at radius 1 is 1.11 bits per heavy atom. The molecule has 2 N–H and O–H groups in total. The van der Waals surface area contributed by atoms with Gasteiger partial charge in [0.2, 0.25) is 5.91 Å². The van der Waals surface area contributed by atoms with Crippen molar-refractivity contribution < 1.29 is 14.4 Å². The average molecular weight is 365 g/mol. The van der Waals surface area contributed by atoms with Crippen LogP contribution in [-0.4, -0.2) is 29.3 Å². The van der Waals surface area contributed by atoms with Crippen LogP contribution in [0.2, 0.25) is 0 Å². The van der Waals surface area contributed by atoms with Crippen LogP contribution in [-0.2, 0) is 15.1 Å². The summed E-state index contributed by atoms with van der Waals surface area (Å²) in [6.45, 7) is 5.45. The topological polar surface area (TPSA) is 78.5 Å². The van der Waals surface area contributed by atoms with Gasteiger partial charge in [0.25, 0.3) is 5.91 Å². The van der Waals surface area contributed by atoms with Crippen molar-refractivity contribution in [2.24, 2.45) is 0 Å². The zero-order valence-electron chi connectivity index (χ0n) is 15.7. The fourth-order valence-electron chi connectivity index (χ4n) is 3.13. The Morgan fingerprint density at radius 2 is 1.81 bits per heavy atom. The lowest BCUT2D eigenvalue weighted by atomic mass is 9.92. The Balaban J connectivity index is 1.72. The van der Waals surface area contributed by atoms with Crippen molar-refractivity contribution in [2.45, 2.75) is 32.2 Å². The van der Waals surface area contributed by atoms with E-state index in [1.54, 1.807) is 37.3 Å². The van der Waals surface area contributed by atoms with E-state index in [9.17, 15) is 14.4 Å². The third-order valence-electron chi connectivity index (χ3n) is 4.76. The van der Waals surface area contributed by atoms with Gasteiger partial charge < -0.3 is 10.6 Å². The van der Waals surface area contributed by atoms with E-state index in [0.717, 1.165) is 10.5 Å². The number of nitrogens with zero attached hydrogens (tertiary/aromatic N) is 1. The summed E-state index contributed by atoms with van der Waals surface area (Å²) in [5.74, 6) is -0.527. The molecular weight excluding hydrogens is 342 g/mol. The van der Waals surface area contributed by atoms with Crippen LogP contribution in [0.1, 0.15) is 37.8 Å². The van der Waals surface area contributed by atoms with Gasteiger partial charge in [0, 0.05) is 5.69 Å². The summed E-state index contributed by atoms with van der Waals surface area (Å²) < 4.78 is 0. The Hall–Kier alpha value is -3.15. The molecule has 0 aromatic heterocycles. The molecule has 140 valence electrons. The summed E-state index contributed by atoms with van der Waals surface area (Å²) in [4.78, 5) is 38.5. The molecule has 0 aliphatic carbocycles. The van der Waals surface area contributed by atoms with Gasteiger partial charge in [-0.25, -0.2) is 4.79 Å². The number of hydrogen-bond donors (Lipinski definition) is 2. The van der Waals surface area contributed by atoms with Crippen molar-refractivity contribution in [3.8, 4) is 0 Å². The molecular formula is C21H23N3O3. The molecule has 0 spiro atoms. The average Bonchev–Trinajstić information content (AvgIpc) is 2.87. The van der Waals surface area contributed by atoms with Gasteiger partial charge in [0.15, 0.2) is 0 Å². The molecule has 6 heteroatoms. The summed E-state index contributed by atoms with van der Waals surface area (Å²) >= 11 is 0. The second-order valence-corrected chi connectivity index (χ2v) is 7.14. The summed E-state index contributed by atoms with van der Waals surface area (Å²) in [6, 6.07) is 16.0. The monoisotopic (exact) mass is 365 g/mol. The minimum Gasteiger partial charge on any atom is -0.325 e. The molecule has 0 saturated carbocycles. The molecule has 1 aliphatic heterocycles. The van der Waals surface area contributed by atoms with Crippen LogP contribution in [0.15, 0.2) is 54.6 Å². The van der Waals surface area contributed by atoms with Crippen molar-refractivity contribution in [1.29, 1.82) is 0 Å². The molecule has 1 fully saturated rings. The number of hydrogen-bond acceptors (Lipinski definition) is 3. The summed E-state index contributed by atoms with van der Waals surface area (Å²) in [6.07, 6.45) is 0. The minimum absolute atomic E-state index is 0.333. The van der Waals surface area contributed by atoms with E-state index in [4.69, 9.17) is 0 Å². The van der Waals surface area contributed by atoms with Crippen molar-refractivity contribution >= 4 is 23.5 Å². The van der Waals surface area contributed by atoms with Crippen LogP contribution in [0.25, 0.3) is 0 Å². The Labute approximate surface area is 158 Å². The maximum atomic E-state index is 12.8. The Kier molecular flexibility index (Phi) is 4.99. The molecule has 1 heterocycles. The van der Waals surface area contributed by atoms with E-state index in [-0.39, 0.29) is 6.54 Å². The van der Waals surface area contributed by atoms with Crippen LogP contribution in [0.4, 0.5) is 10.5 Å². The van der Waals surface area contributed by atoms with Gasteiger partial charge in [-0.1, -0.05) is 56.3 Å². The molecule has 2 aromatic rings. The molecule has 1 unspecified atom stereocenters. The highest BCUT2D eigenvalue weighted by Gasteiger charge is 2.49. The molecule has 6 nitrogen and oxygen atoms in total. The van der Waals surface area contributed by atoms with Crippen LogP contribution >= 0.6 is 0 Å². The number of rotatable bonds is 5. The van der Waals surface area contributed by atoms with Gasteiger partial charge in [-0.3, -0.25) is 14.5 Å². The van der Waals surface area contributed by atoms with Crippen LogP contribution in [0.5, 0.6) is 0 Å². The molecule has 0 radical (unpaired) electrons. The highest BCUT2D eigenvalue weighted by Crippen LogP contribution is 2.28. The first-order valence-corrected chi connectivity index (χ1v) is 8.90. The van der Waals surface area contributed by atoms with Crippen molar-refractivity contribution in [3.63, 3.8) is 0 Å². The van der Waals surface area contributed by atoms with E-state index in [1.807, 2.05) is 24.3 Å². The predicted octanol–water partition coefficient (Wildman–Crippen LogP) is 3.22. The van der Waals surface area contributed by atoms with Crippen molar-refractivity contribution in [3.05, 3.63) is 65.7 Å². The van der Waals surface area contributed by atoms with E-state index in [1.165, 1.54) is 0 Å². The van der Waals surface area contributed by atoms with E-state index in [2.05, 4.69) is 24.5 Å². The molecule has 1 atom stereocenters. The number of benzene rings is 2. The van der Waals surface area contributed by atoms with E-state index < -0.39 is 23.4 Å². The lowest BCUT2D eigenvalue weighted by Crippen LogP contribution is -2.42. The fraction of sp³-hybridized carbons (Fsp3) is 0.286. The highest BCUT2D eigenvalue weighted by atomic mass is 16.2.